The van der Waals surface area contributed by atoms with Crippen molar-refractivity contribution in [2.24, 2.45) is 0 Å². The summed E-state index contributed by atoms with van der Waals surface area (Å²) in [7, 11) is 0. The molecule has 0 fully saturated rings. The maximum absolute atomic E-state index is 12.1. The predicted molar refractivity (Wildman–Crippen MR) is 93.6 cm³/mol. The first-order chi connectivity index (χ1) is 11.8. The van der Waals surface area contributed by atoms with Gasteiger partial charge in [0.05, 0.1) is 10.9 Å². The van der Waals surface area contributed by atoms with Crippen molar-refractivity contribution in [3.05, 3.63) is 45.8 Å². The second kappa shape index (κ2) is 7.67. The molecule has 1 N–H and O–H groups in total. The van der Waals surface area contributed by atoms with Gasteiger partial charge in [0.25, 0.3) is 0 Å². The molecule has 0 saturated heterocycles. The number of carbonyl (C=O) groups excluding carboxylic acids is 2. The molecule has 0 spiro atoms. The van der Waals surface area contributed by atoms with Crippen molar-refractivity contribution < 1.29 is 18.7 Å². The molecule has 1 heterocycles. The Morgan fingerprint density at radius 1 is 1.36 bits per heavy atom. The van der Waals surface area contributed by atoms with Crippen molar-refractivity contribution in [3.8, 4) is 11.8 Å². The van der Waals surface area contributed by atoms with Gasteiger partial charge >= 0.3 is 6.09 Å². The minimum absolute atomic E-state index is 0.0285. The van der Waals surface area contributed by atoms with E-state index in [0.29, 0.717) is 35.8 Å². The van der Waals surface area contributed by atoms with Crippen molar-refractivity contribution in [1.82, 2.24) is 5.32 Å². The van der Waals surface area contributed by atoms with E-state index < -0.39 is 11.7 Å². The summed E-state index contributed by atoms with van der Waals surface area (Å²) in [5, 5.41) is 2.92. The lowest BCUT2D eigenvalue weighted by molar-refractivity contribution is 0.0529. The molecule has 0 radical (unpaired) electrons. The number of nitrogens with one attached hydrogen (secondary N) is 1. The van der Waals surface area contributed by atoms with Crippen LogP contribution in [-0.2, 0) is 4.74 Å². The van der Waals surface area contributed by atoms with E-state index in [-0.39, 0.29) is 11.0 Å². The number of carbonyl (C=O) groups is 2. The second-order valence-electron chi connectivity index (χ2n) is 6.33. The Morgan fingerprint density at radius 3 is 2.80 bits per heavy atom. The van der Waals surface area contributed by atoms with E-state index in [1.54, 1.807) is 39.0 Å². The fraction of sp³-hybridized carbons (Fsp3) is 0.316. The van der Waals surface area contributed by atoms with Crippen LogP contribution in [0.2, 0.25) is 0 Å². The molecule has 0 aliphatic heterocycles. The average molecular weight is 341 g/mol. The van der Waals surface area contributed by atoms with E-state index >= 15 is 0 Å². The van der Waals surface area contributed by atoms with Gasteiger partial charge in [0.15, 0.2) is 6.29 Å². The molecule has 6 nitrogen and oxygen atoms in total. The molecule has 0 saturated carbocycles. The van der Waals surface area contributed by atoms with E-state index in [2.05, 4.69) is 17.2 Å². The highest BCUT2D eigenvalue weighted by atomic mass is 16.6. The summed E-state index contributed by atoms with van der Waals surface area (Å²) in [6.07, 6.45) is 1.55. The molecule has 0 aliphatic carbocycles. The van der Waals surface area contributed by atoms with Crippen molar-refractivity contribution in [2.75, 3.05) is 6.54 Å². The van der Waals surface area contributed by atoms with Crippen LogP contribution in [0, 0.1) is 11.8 Å². The maximum atomic E-state index is 12.1. The largest absolute Gasteiger partial charge is 0.463 e. The predicted octanol–water partition coefficient (Wildman–Crippen LogP) is 2.87. The highest BCUT2D eigenvalue weighted by molar-refractivity contribution is 5.84. The van der Waals surface area contributed by atoms with E-state index in [4.69, 9.17) is 9.15 Å². The molecule has 130 valence electrons. The number of hydrogen-bond donors (Lipinski definition) is 1. The smallest absolute Gasteiger partial charge is 0.407 e. The van der Waals surface area contributed by atoms with E-state index in [9.17, 15) is 14.4 Å². The molecule has 1 amide bonds. The first kappa shape index (κ1) is 18.3. The van der Waals surface area contributed by atoms with Crippen LogP contribution in [0.4, 0.5) is 4.79 Å². The van der Waals surface area contributed by atoms with Gasteiger partial charge in [-0.1, -0.05) is 11.8 Å². The van der Waals surface area contributed by atoms with Gasteiger partial charge in [-0.15, -0.1) is 0 Å². The number of benzene rings is 1. The lowest BCUT2D eigenvalue weighted by Crippen LogP contribution is -2.32. The Hall–Kier alpha value is -3.07. The van der Waals surface area contributed by atoms with Crippen LogP contribution in [0.25, 0.3) is 11.0 Å². The summed E-state index contributed by atoms with van der Waals surface area (Å²) < 4.78 is 10.4. The molecule has 2 aromatic rings. The Morgan fingerprint density at radius 2 is 2.12 bits per heavy atom. The minimum atomic E-state index is -0.539. The summed E-state index contributed by atoms with van der Waals surface area (Å²) >= 11 is 0. The Bertz CT molecular complexity index is 909. The summed E-state index contributed by atoms with van der Waals surface area (Å²) in [5.41, 5.74) is 0.0704. The van der Waals surface area contributed by atoms with Gasteiger partial charge in [0.2, 0.25) is 5.43 Å². The summed E-state index contributed by atoms with van der Waals surface area (Å²) in [6, 6.07) is 4.94. The number of alkyl carbamates (subject to hydrolysis) is 1. The third kappa shape index (κ3) is 5.21. The molecule has 0 bridgehead atoms. The fourth-order valence-corrected chi connectivity index (χ4v) is 2.01. The van der Waals surface area contributed by atoms with Gasteiger partial charge in [0.1, 0.15) is 17.4 Å². The van der Waals surface area contributed by atoms with Gasteiger partial charge in [-0.2, -0.15) is 0 Å². The van der Waals surface area contributed by atoms with Gasteiger partial charge in [-0.25, -0.2) is 4.79 Å². The molecular weight excluding hydrogens is 322 g/mol. The van der Waals surface area contributed by atoms with Crippen molar-refractivity contribution in [1.29, 1.82) is 0 Å². The van der Waals surface area contributed by atoms with Crippen LogP contribution in [0.5, 0.6) is 0 Å². The molecule has 25 heavy (non-hydrogen) atoms. The molecule has 0 atom stereocenters. The molecule has 2 rings (SSSR count). The lowest BCUT2D eigenvalue weighted by atomic mass is 10.1. The first-order valence-corrected chi connectivity index (χ1v) is 7.76. The van der Waals surface area contributed by atoms with Crippen LogP contribution < -0.4 is 10.7 Å². The van der Waals surface area contributed by atoms with Crippen molar-refractivity contribution in [2.45, 2.75) is 32.8 Å². The Labute approximate surface area is 145 Å². The zero-order chi connectivity index (χ0) is 18.4. The number of fused-ring (bicyclic) bond motifs is 1. The average Bonchev–Trinajstić information content (AvgIpc) is 2.53. The third-order valence-electron chi connectivity index (χ3n) is 3.08. The van der Waals surface area contributed by atoms with Crippen LogP contribution in [0.1, 0.15) is 43.1 Å². The van der Waals surface area contributed by atoms with E-state index in [0.717, 1.165) is 6.26 Å². The quantitative estimate of drug-likeness (QED) is 0.527. The summed E-state index contributed by atoms with van der Waals surface area (Å²) in [6.45, 7) is 5.73. The minimum Gasteiger partial charge on any atom is -0.463 e. The fourth-order valence-electron chi connectivity index (χ4n) is 2.01. The Kier molecular flexibility index (Phi) is 5.60. The number of ether oxygens (including phenoxy) is 1. The third-order valence-corrected chi connectivity index (χ3v) is 3.08. The number of rotatable bonds is 3. The zero-order valence-corrected chi connectivity index (χ0v) is 14.3. The normalized spacial score (nSPS) is 10.7. The van der Waals surface area contributed by atoms with Crippen molar-refractivity contribution >= 4 is 23.3 Å². The van der Waals surface area contributed by atoms with E-state index in [1.807, 2.05) is 0 Å². The van der Waals surface area contributed by atoms with Crippen LogP contribution >= 0.6 is 0 Å². The topological polar surface area (TPSA) is 85.6 Å². The number of aldehydes is 1. The molecule has 6 heteroatoms. The number of amides is 1. The monoisotopic (exact) mass is 341 g/mol. The van der Waals surface area contributed by atoms with Gasteiger partial charge in [-0.3, -0.25) is 9.59 Å². The second-order valence-corrected chi connectivity index (χ2v) is 6.33. The van der Waals surface area contributed by atoms with Gasteiger partial charge in [-0.05, 0) is 39.0 Å². The van der Waals surface area contributed by atoms with Crippen LogP contribution in [-0.4, -0.2) is 24.5 Å². The zero-order valence-electron chi connectivity index (χ0n) is 14.3. The highest BCUT2D eigenvalue weighted by Gasteiger charge is 2.15. The van der Waals surface area contributed by atoms with Crippen LogP contribution in [0.3, 0.4) is 0 Å². The van der Waals surface area contributed by atoms with Gasteiger partial charge < -0.3 is 14.5 Å². The van der Waals surface area contributed by atoms with Gasteiger partial charge in [0, 0.05) is 18.5 Å². The first-order valence-electron chi connectivity index (χ1n) is 7.76. The summed E-state index contributed by atoms with van der Waals surface area (Å²) in [4.78, 5) is 34.4. The SMILES string of the molecule is CC(C)(C)OC(=O)NCCC#Cc1ccc2occ(C=O)c(=O)c2c1. The molecule has 1 aromatic carbocycles. The standard InChI is InChI=1S/C19H19NO5/c1-19(2,3)25-18(23)20-9-5-4-6-13-7-8-16-15(10-13)17(22)14(11-21)12-24-16/h7-8,10-12H,5,9H2,1-3H3,(H,20,23). The van der Waals surface area contributed by atoms with Crippen molar-refractivity contribution in [3.63, 3.8) is 0 Å². The molecule has 1 aromatic heterocycles. The highest BCUT2D eigenvalue weighted by Crippen LogP contribution is 2.13. The number of hydrogen-bond acceptors (Lipinski definition) is 5. The molecule has 0 unspecified atom stereocenters. The Balaban J connectivity index is 2.01. The van der Waals surface area contributed by atoms with Crippen LogP contribution in [0.15, 0.2) is 33.7 Å². The van der Waals surface area contributed by atoms with E-state index in [1.165, 1.54) is 0 Å². The summed E-state index contributed by atoms with van der Waals surface area (Å²) in [5.74, 6) is 5.82. The lowest BCUT2D eigenvalue weighted by Gasteiger charge is -2.19. The molecular formula is C19H19NO5. The molecule has 0 aliphatic rings. The maximum Gasteiger partial charge on any atom is 0.407 e.